The Morgan fingerprint density at radius 2 is 1.52 bits per heavy atom. The molecule has 0 aliphatic carbocycles. The van der Waals surface area contributed by atoms with E-state index in [0.717, 1.165) is 5.06 Å². The van der Waals surface area contributed by atoms with E-state index in [1.807, 2.05) is 30.3 Å². The van der Waals surface area contributed by atoms with Crippen LogP contribution < -0.4 is 10.4 Å². The molecule has 1 aliphatic rings. The minimum absolute atomic E-state index is 0.111. The van der Waals surface area contributed by atoms with E-state index in [1.165, 1.54) is 0 Å². The Hall–Kier alpha value is -2.53. The molecule has 4 rings (SSSR count). The van der Waals surface area contributed by atoms with Crippen LogP contribution in [0, 0.1) is 0 Å². The van der Waals surface area contributed by atoms with Crippen molar-refractivity contribution in [1.82, 2.24) is 0 Å². The third-order valence-electron chi connectivity index (χ3n) is 4.85. The fourth-order valence-corrected chi connectivity index (χ4v) is 4.04. The maximum atomic E-state index is 13.2. The van der Waals surface area contributed by atoms with Gasteiger partial charge in [-0.3, -0.25) is 10.0 Å². The molecule has 0 aromatic heterocycles. The highest BCUT2D eigenvalue weighted by atomic mass is 35.5. The van der Waals surface area contributed by atoms with Gasteiger partial charge in [0.25, 0.3) is 5.91 Å². The number of carbonyl (C=O) groups excluding carboxylic acids is 1. The maximum absolute atomic E-state index is 13.2. The fourth-order valence-electron chi connectivity index (χ4n) is 3.51. The average molecular weight is 399 g/mol. The Balaban J connectivity index is 1.93. The Labute approximate surface area is 166 Å². The molecule has 3 aromatic rings. The summed E-state index contributed by atoms with van der Waals surface area (Å²) in [6, 6.07) is 21.4. The number of para-hydroxylation sites is 2. The number of nitrogens with zero attached hydrogens (tertiary/aromatic N) is 1. The first-order chi connectivity index (χ1) is 13.0. The molecule has 1 atom stereocenters. The van der Waals surface area contributed by atoms with E-state index in [0.29, 0.717) is 32.5 Å². The van der Waals surface area contributed by atoms with Crippen LogP contribution in [0.5, 0.6) is 0 Å². The third kappa shape index (κ3) is 2.86. The molecule has 136 valence electrons. The molecule has 0 spiro atoms. The summed E-state index contributed by atoms with van der Waals surface area (Å²) in [6.07, 6.45) is 0.111. The summed E-state index contributed by atoms with van der Waals surface area (Å²) in [4.78, 5) is 13.2. The Morgan fingerprint density at radius 1 is 0.889 bits per heavy atom. The van der Waals surface area contributed by atoms with E-state index in [1.54, 1.807) is 42.5 Å². The number of benzene rings is 3. The molecular weight excluding hydrogens is 383 g/mol. The molecule has 0 radical (unpaired) electrons. The number of hydroxylamine groups is 1. The van der Waals surface area contributed by atoms with E-state index in [4.69, 9.17) is 23.2 Å². The fraction of sp³-hybridized carbons (Fsp3) is 0.0952. The zero-order chi connectivity index (χ0) is 19.0. The molecule has 0 fully saturated rings. The van der Waals surface area contributed by atoms with Crippen LogP contribution in [0.3, 0.4) is 0 Å². The second-order valence-electron chi connectivity index (χ2n) is 6.38. The largest absolute Gasteiger partial charge is 0.323 e. The lowest BCUT2D eigenvalue weighted by Gasteiger charge is -2.37. The molecule has 2 N–H and O–H groups in total. The first-order valence-electron chi connectivity index (χ1n) is 8.42. The summed E-state index contributed by atoms with van der Waals surface area (Å²) in [7, 11) is 0. The quantitative estimate of drug-likeness (QED) is 0.587. The van der Waals surface area contributed by atoms with Gasteiger partial charge in [0, 0.05) is 27.7 Å². The van der Waals surface area contributed by atoms with Gasteiger partial charge in [-0.25, -0.2) is 5.06 Å². The van der Waals surface area contributed by atoms with E-state index >= 15 is 0 Å². The highest BCUT2D eigenvalue weighted by Gasteiger charge is 2.52. The van der Waals surface area contributed by atoms with Crippen LogP contribution in [-0.2, 0) is 16.8 Å². The number of carbonyl (C=O) groups is 1. The second kappa shape index (κ2) is 6.89. The van der Waals surface area contributed by atoms with E-state index in [9.17, 15) is 10.0 Å². The number of fused-ring (bicyclic) bond motifs is 1. The van der Waals surface area contributed by atoms with Crippen LogP contribution in [-0.4, -0.2) is 11.1 Å². The van der Waals surface area contributed by atoms with Crippen molar-refractivity contribution in [3.05, 3.63) is 94.0 Å². The number of halogens is 2. The number of rotatable bonds is 4. The van der Waals surface area contributed by atoms with Gasteiger partial charge < -0.3 is 5.32 Å². The zero-order valence-electron chi connectivity index (χ0n) is 14.2. The molecule has 0 saturated heterocycles. The van der Waals surface area contributed by atoms with Gasteiger partial charge in [-0.2, -0.15) is 0 Å². The minimum Gasteiger partial charge on any atom is -0.323 e. The van der Waals surface area contributed by atoms with Crippen LogP contribution in [0.4, 0.5) is 11.4 Å². The van der Waals surface area contributed by atoms with Crippen molar-refractivity contribution >= 4 is 40.5 Å². The van der Waals surface area contributed by atoms with Gasteiger partial charge in [-0.1, -0.05) is 65.7 Å². The van der Waals surface area contributed by atoms with Gasteiger partial charge in [0.2, 0.25) is 0 Å². The molecule has 0 unspecified atom stereocenters. The molecule has 1 aliphatic heterocycles. The van der Waals surface area contributed by atoms with Crippen molar-refractivity contribution in [3.63, 3.8) is 0 Å². The van der Waals surface area contributed by atoms with Gasteiger partial charge in [-0.15, -0.1) is 0 Å². The molecular formula is C21H16Cl2N2O2. The van der Waals surface area contributed by atoms with Crippen molar-refractivity contribution in [3.8, 4) is 0 Å². The normalized spacial score (nSPS) is 18.1. The topological polar surface area (TPSA) is 52.6 Å². The van der Waals surface area contributed by atoms with Crippen LogP contribution in [0.15, 0.2) is 72.8 Å². The van der Waals surface area contributed by atoms with Crippen LogP contribution in [0.25, 0.3) is 0 Å². The summed E-state index contributed by atoms with van der Waals surface area (Å²) >= 11 is 12.8. The van der Waals surface area contributed by atoms with Gasteiger partial charge >= 0.3 is 0 Å². The van der Waals surface area contributed by atoms with Crippen LogP contribution in [0.2, 0.25) is 10.0 Å². The SMILES string of the molecule is O=C1Nc2ccccc2[C@@]1(Cc1c(Cl)cccc1Cl)N(O)c1ccccc1. The molecule has 4 nitrogen and oxygen atoms in total. The third-order valence-corrected chi connectivity index (χ3v) is 5.56. The average Bonchev–Trinajstić information content (AvgIpc) is 2.97. The number of anilines is 2. The van der Waals surface area contributed by atoms with Gasteiger partial charge in [0.1, 0.15) is 0 Å². The Bertz CT molecular complexity index is 990. The molecule has 1 heterocycles. The lowest BCUT2D eigenvalue weighted by Crippen LogP contribution is -2.51. The van der Waals surface area contributed by atoms with Crippen molar-refractivity contribution in [2.75, 3.05) is 10.4 Å². The van der Waals surface area contributed by atoms with E-state index in [-0.39, 0.29) is 12.3 Å². The van der Waals surface area contributed by atoms with Crippen molar-refractivity contribution in [2.24, 2.45) is 0 Å². The number of hydrogen-bond acceptors (Lipinski definition) is 3. The number of amides is 1. The maximum Gasteiger partial charge on any atom is 0.257 e. The standard InChI is InChI=1S/C21H16Cl2N2O2/c22-17-10-6-11-18(23)15(17)13-21(25(27)14-7-2-1-3-8-14)16-9-4-5-12-19(16)24-20(21)26/h1-12,27H,13H2,(H,24,26)/t21-/m1/s1. The zero-order valence-corrected chi connectivity index (χ0v) is 15.7. The predicted molar refractivity (Wildman–Crippen MR) is 108 cm³/mol. The van der Waals surface area contributed by atoms with E-state index < -0.39 is 5.54 Å². The first-order valence-corrected chi connectivity index (χ1v) is 9.17. The van der Waals surface area contributed by atoms with Gasteiger partial charge in [0.05, 0.1) is 5.69 Å². The summed E-state index contributed by atoms with van der Waals surface area (Å²) in [5.41, 5.74) is 1.01. The highest BCUT2D eigenvalue weighted by Crippen LogP contribution is 2.45. The van der Waals surface area contributed by atoms with Gasteiger partial charge in [0.15, 0.2) is 5.54 Å². The summed E-state index contributed by atoms with van der Waals surface area (Å²) < 4.78 is 0. The Kier molecular flexibility index (Phi) is 4.56. The van der Waals surface area contributed by atoms with Crippen molar-refractivity contribution < 1.29 is 10.0 Å². The van der Waals surface area contributed by atoms with Crippen molar-refractivity contribution in [1.29, 1.82) is 0 Å². The van der Waals surface area contributed by atoms with Crippen LogP contribution in [0.1, 0.15) is 11.1 Å². The summed E-state index contributed by atoms with van der Waals surface area (Å²) in [5.74, 6) is -0.342. The van der Waals surface area contributed by atoms with Crippen LogP contribution >= 0.6 is 23.2 Å². The Morgan fingerprint density at radius 3 is 2.22 bits per heavy atom. The monoisotopic (exact) mass is 398 g/mol. The van der Waals surface area contributed by atoms with Crippen molar-refractivity contribution in [2.45, 2.75) is 12.0 Å². The van der Waals surface area contributed by atoms with E-state index in [2.05, 4.69) is 5.32 Å². The van der Waals surface area contributed by atoms with Gasteiger partial charge in [-0.05, 0) is 35.9 Å². The molecule has 3 aromatic carbocycles. The smallest absolute Gasteiger partial charge is 0.257 e. The first kappa shape index (κ1) is 17.9. The predicted octanol–water partition coefficient (Wildman–Crippen LogP) is 5.28. The highest BCUT2D eigenvalue weighted by molar-refractivity contribution is 6.36. The summed E-state index contributed by atoms with van der Waals surface area (Å²) in [6.45, 7) is 0. The second-order valence-corrected chi connectivity index (χ2v) is 7.20. The number of nitrogens with one attached hydrogen (secondary N) is 1. The lowest BCUT2D eigenvalue weighted by molar-refractivity contribution is -0.123. The summed E-state index contributed by atoms with van der Waals surface area (Å²) in [5, 5.41) is 16.0. The lowest BCUT2D eigenvalue weighted by atomic mass is 9.84. The number of hydrogen-bond donors (Lipinski definition) is 2. The molecule has 6 heteroatoms. The molecule has 0 bridgehead atoms. The molecule has 1 amide bonds. The molecule has 0 saturated carbocycles. The molecule has 27 heavy (non-hydrogen) atoms. The minimum atomic E-state index is -1.40.